The number of likely N-dealkylation sites (tertiary alicyclic amines) is 2. The summed E-state index contributed by atoms with van der Waals surface area (Å²) in [5, 5.41) is 13.0. The van der Waals surface area contributed by atoms with Gasteiger partial charge < -0.3 is 4.90 Å². The Bertz CT molecular complexity index is 1190. The molecule has 3 saturated heterocycles. The fourth-order valence-corrected chi connectivity index (χ4v) is 15.2. The van der Waals surface area contributed by atoms with Crippen LogP contribution in [0.4, 0.5) is 0 Å². The van der Waals surface area contributed by atoms with E-state index in [1.807, 2.05) is 0 Å². The number of rotatable bonds is 5. The highest BCUT2D eigenvalue weighted by Crippen LogP contribution is 2.53. The fraction of sp³-hybridized carbons (Fsp3) is 0.911. The van der Waals surface area contributed by atoms with Gasteiger partial charge in [0.25, 0.3) is 0 Å². The third-order valence-electron chi connectivity index (χ3n) is 17.2. The van der Waals surface area contributed by atoms with Crippen molar-refractivity contribution in [3.05, 3.63) is 23.4 Å². The lowest BCUT2D eigenvalue weighted by Crippen LogP contribution is -2.71. The number of fused-ring (bicyclic) bond motifs is 6. The predicted octanol–water partition coefficient (Wildman–Crippen LogP) is 9.36. The highest BCUT2D eigenvalue weighted by Gasteiger charge is 2.53. The standard InChI is InChI=1S/C45H73N5/c1-2-14-30(15-3-1)43-46-44(31-16-12-18-33(28-31)49-39-24-8-4-20-35(39)36-21-5-9-25-40(36)49)48-45(47-43)32-17-13-19-34(29-32)50-41-26-10-6-22-37(41)38-23-7-11-27-42(38)50/h18,28,30,32,34-48H,1-17,19-27,29H2. The van der Waals surface area contributed by atoms with Gasteiger partial charge in [-0.15, -0.1) is 0 Å². The number of hydrogen-bond donors (Lipinski definition) is 3. The van der Waals surface area contributed by atoms with Gasteiger partial charge in [-0.05, 0) is 143 Å². The summed E-state index contributed by atoms with van der Waals surface area (Å²) in [5.41, 5.74) is 3.30. The molecule has 3 aliphatic heterocycles. The molecule has 9 fully saturated rings. The first-order chi connectivity index (χ1) is 24.8. The molecule has 10 rings (SSSR count). The first kappa shape index (κ1) is 33.7. The Hall–Kier alpha value is -0.880. The summed E-state index contributed by atoms with van der Waals surface area (Å²) in [6.07, 6.45) is 45.7. The van der Waals surface area contributed by atoms with Crippen LogP contribution in [-0.4, -0.2) is 58.5 Å². The van der Waals surface area contributed by atoms with Crippen molar-refractivity contribution in [1.29, 1.82) is 0 Å². The van der Waals surface area contributed by atoms with Crippen LogP contribution in [0, 0.1) is 35.5 Å². The molecule has 0 aromatic rings. The predicted molar refractivity (Wildman–Crippen MR) is 205 cm³/mol. The average Bonchev–Trinajstić information content (AvgIpc) is 3.71. The van der Waals surface area contributed by atoms with Gasteiger partial charge in [-0.1, -0.05) is 83.1 Å². The van der Waals surface area contributed by atoms with Crippen molar-refractivity contribution >= 4 is 0 Å². The lowest BCUT2D eigenvalue weighted by Gasteiger charge is -2.50. The number of hydrogen-bond acceptors (Lipinski definition) is 5. The van der Waals surface area contributed by atoms with Crippen molar-refractivity contribution < 1.29 is 0 Å². The monoisotopic (exact) mass is 684 g/mol. The molecule has 5 heteroatoms. The lowest BCUT2D eigenvalue weighted by molar-refractivity contribution is 0.0293. The first-order valence-corrected chi connectivity index (χ1v) is 23.0. The van der Waals surface area contributed by atoms with Crippen LogP contribution in [0.25, 0.3) is 0 Å². The summed E-state index contributed by atoms with van der Waals surface area (Å²) in [4.78, 5) is 6.29. The van der Waals surface area contributed by atoms with Crippen LogP contribution < -0.4 is 16.0 Å². The zero-order chi connectivity index (χ0) is 33.0. The highest BCUT2D eigenvalue weighted by atomic mass is 15.4. The van der Waals surface area contributed by atoms with E-state index in [0.717, 1.165) is 65.7 Å². The van der Waals surface area contributed by atoms with Crippen LogP contribution in [0.15, 0.2) is 23.4 Å². The Kier molecular flexibility index (Phi) is 9.93. The fourth-order valence-electron chi connectivity index (χ4n) is 15.2. The van der Waals surface area contributed by atoms with E-state index in [4.69, 9.17) is 0 Å². The summed E-state index contributed by atoms with van der Waals surface area (Å²) < 4.78 is 0. The Morgan fingerprint density at radius 3 is 1.64 bits per heavy atom. The van der Waals surface area contributed by atoms with E-state index in [9.17, 15) is 0 Å². The summed E-state index contributed by atoms with van der Waals surface area (Å²) in [5.74, 6) is 5.50. The molecule has 6 saturated carbocycles. The second kappa shape index (κ2) is 14.7. The number of allylic oxidation sites excluding steroid dienone is 2. The highest BCUT2D eigenvalue weighted by molar-refractivity contribution is 5.33. The molecular formula is C45H73N5. The van der Waals surface area contributed by atoms with Crippen LogP contribution in [0.1, 0.15) is 173 Å². The maximum Gasteiger partial charge on any atom is 0.0822 e. The molecule has 7 aliphatic carbocycles. The Morgan fingerprint density at radius 2 is 1.00 bits per heavy atom. The zero-order valence-corrected chi connectivity index (χ0v) is 31.7. The topological polar surface area (TPSA) is 42.6 Å². The van der Waals surface area contributed by atoms with Gasteiger partial charge in [0.15, 0.2) is 0 Å². The third kappa shape index (κ3) is 6.20. The lowest BCUT2D eigenvalue weighted by atomic mass is 9.73. The van der Waals surface area contributed by atoms with Crippen LogP contribution in [0.3, 0.4) is 0 Å². The quantitative estimate of drug-likeness (QED) is 0.270. The van der Waals surface area contributed by atoms with E-state index >= 15 is 0 Å². The minimum Gasteiger partial charge on any atom is -0.365 e. The van der Waals surface area contributed by atoms with Gasteiger partial charge in [-0.2, -0.15) is 0 Å². The van der Waals surface area contributed by atoms with Crippen molar-refractivity contribution in [2.75, 3.05) is 0 Å². The Morgan fingerprint density at radius 1 is 0.480 bits per heavy atom. The van der Waals surface area contributed by atoms with Crippen LogP contribution in [0.5, 0.6) is 0 Å². The smallest absolute Gasteiger partial charge is 0.0822 e. The molecule has 13 unspecified atom stereocenters. The van der Waals surface area contributed by atoms with Gasteiger partial charge in [0, 0.05) is 35.9 Å². The second-order valence-corrected chi connectivity index (χ2v) is 19.7. The maximum atomic E-state index is 4.35. The van der Waals surface area contributed by atoms with Gasteiger partial charge >= 0.3 is 0 Å². The molecule has 0 aromatic carbocycles. The second-order valence-electron chi connectivity index (χ2n) is 19.7. The maximum absolute atomic E-state index is 4.35. The molecule has 0 spiro atoms. The third-order valence-corrected chi connectivity index (χ3v) is 17.2. The Balaban J connectivity index is 0.899. The first-order valence-electron chi connectivity index (χ1n) is 23.0. The molecule has 0 bridgehead atoms. The molecule has 13 atom stereocenters. The van der Waals surface area contributed by atoms with Gasteiger partial charge in [0.05, 0.1) is 18.5 Å². The van der Waals surface area contributed by atoms with E-state index in [1.54, 1.807) is 11.3 Å². The zero-order valence-electron chi connectivity index (χ0n) is 31.7. The van der Waals surface area contributed by atoms with Crippen molar-refractivity contribution in [1.82, 2.24) is 25.8 Å². The molecule has 0 radical (unpaired) electrons. The molecule has 5 nitrogen and oxygen atoms in total. The number of nitrogens with zero attached hydrogens (tertiary/aromatic N) is 2. The minimum absolute atomic E-state index is 0.321. The molecule has 0 amide bonds. The van der Waals surface area contributed by atoms with Crippen molar-refractivity contribution in [3.8, 4) is 0 Å². The average molecular weight is 684 g/mol. The molecule has 3 heterocycles. The normalized spacial score (nSPS) is 47.4. The largest absolute Gasteiger partial charge is 0.365 e. The molecular weight excluding hydrogens is 611 g/mol. The van der Waals surface area contributed by atoms with Crippen LogP contribution in [-0.2, 0) is 0 Å². The summed E-state index contributed by atoms with van der Waals surface area (Å²) >= 11 is 0. The SMILES string of the molecule is C1=C(C2NC(C3CCCCC3)NC(C3CCCC(N4C5CCCCC5C5CCCCC54)C3)N2)CCC=C1N1C2CCCCC2C2CCCCC21. The van der Waals surface area contributed by atoms with Crippen LogP contribution >= 0.6 is 0 Å². The molecule has 50 heavy (non-hydrogen) atoms. The summed E-state index contributed by atoms with van der Waals surface area (Å²) in [6, 6.07) is 4.27. The van der Waals surface area contributed by atoms with E-state index in [1.165, 1.54) is 173 Å². The van der Waals surface area contributed by atoms with Crippen molar-refractivity contribution in [2.24, 2.45) is 35.5 Å². The molecule has 3 N–H and O–H groups in total. The molecule has 278 valence electrons. The van der Waals surface area contributed by atoms with Crippen molar-refractivity contribution in [2.45, 2.75) is 222 Å². The van der Waals surface area contributed by atoms with E-state index in [-0.39, 0.29) is 0 Å². The minimum atomic E-state index is 0.321. The van der Waals surface area contributed by atoms with Gasteiger partial charge in [0.1, 0.15) is 0 Å². The molecule has 0 aromatic heterocycles. The van der Waals surface area contributed by atoms with E-state index < -0.39 is 0 Å². The summed E-state index contributed by atoms with van der Waals surface area (Å²) in [6.45, 7) is 0. The van der Waals surface area contributed by atoms with E-state index in [2.05, 4.69) is 37.9 Å². The van der Waals surface area contributed by atoms with E-state index in [0.29, 0.717) is 18.5 Å². The molecule has 10 aliphatic rings. The van der Waals surface area contributed by atoms with Gasteiger partial charge in [0.2, 0.25) is 0 Å². The summed E-state index contributed by atoms with van der Waals surface area (Å²) in [7, 11) is 0. The number of nitrogens with one attached hydrogen (secondary N) is 3. The van der Waals surface area contributed by atoms with Crippen LogP contribution in [0.2, 0.25) is 0 Å². The van der Waals surface area contributed by atoms with Crippen molar-refractivity contribution in [3.63, 3.8) is 0 Å². The van der Waals surface area contributed by atoms with Gasteiger partial charge in [-0.3, -0.25) is 20.9 Å². The Labute approximate surface area is 306 Å². The van der Waals surface area contributed by atoms with Gasteiger partial charge in [-0.25, -0.2) is 0 Å².